The van der Waals surface area contributed by atoms with E-state index in [2.05, 4.69) is 52.6 Å². The zero-order chi connectivity index (χ0) is 63.5. The van der Waals surface area contributed by atoms with Crippen LogP contribution in [-0.2, 0) is 9.53 Å². The van der Waals surface area contributed by atoms with Crippen molar-refractivity contribution in [3.05, 3.63) is 149 Å². The molecule has 0 bridgehead atoms. The van der Waals surface area contributed by atoms with Gasteiger partial charge in [-0.05, 0) is 208 Å². The number of carbonyl (C=O) groups excluding carboxylic acids is 4. The van der Waals surface area contributed by atoms with Gasteiger partial charge in [0.05, 0.1) is 35.6 Å². The van der Waals surface area contributed by atoms with Crippen molar-refractivity contribution in [1.82, 2.24) is 0 Å². The van der Waals surface area contributed by atoms with E-state index in [0.717, 1.165) is 93.3 Å². The lowest BCUT2D eigenvalue weighted by molar-refractivity contribution is -0.151. The first kappa shape index (κ1) is 67.2. The van der Waals surface area contributed by atoms with Crippen LogP contribution in [0, 0.1) is 46.3 Å². The molecular formula is C78H99NO11. The first-order valence-corrected chi connectivity index (χ1v) is 34.2. The van der Waals surface area contributed by atoms with Gasteiger partial charge in [-0.25, -0.2) is 14.4 Å². The van der Waals surface area contributed by atoms with E-state index in [-0.39, 0.29) is 51.6 Å². The summed E-state index contributed by atoms with van der Waals surface area (Å²) in [6, 6.07) is 30.7. The number of unbranched alkanes of at least 4 members (excludes halogenated alkanes) is 10. The normalized spacial score (nSPS) is 22.2. The zero-order valence-electron chi connectivity index (χ0n) is 54.5. The van der Waals surface area contributed by atoms with Gasteiger partial charge < -0.3 is 33.5 Å². The summed E-state index contributed by atoms with van der Waals surface area (Å²) in [5.41, 5.74) is 4.22. The summed E-state index contributed by atoms with van der Waals surface area (Å²) in [4.78, 5) is 56.6. The topological polar surface area (TPSA) is 156 Å². The molecule has 0 aliphatic heterocycles. The fraction of sp³-hybridized carbons (Fsp3) is 0.526. The highest BCUT2D eigenvalue weighted by Crippen LogP contribution is 2.67. The third-order valence-electron chi connectivity index (χ3n) is 20.4. The summed E-state index contributed by atoms with van der Waals surface area (Å²) in [6.45, 7) is 15.9. The van der Waals surface area contributed by atoms with E-state index in [9.17, 15) is 24.3 Å². The molecule has 4 aliphatic rings. The Balaban J connectivity index is 0.630. The first-order chi connectivity index (χ1) is 43.6. The molecule has 0 unspecified atom stereocenters. The van der Waals surface area contributed by atoms with Crippen molar-refractivity contribution < 1.29 is 52.7 Å². The first-order valence-electron chi connectivity index (χ1n) is 34.2. The van der Waals surface area contributed by atoms with Gasteiger partial charge in [0.2, 0.25) is 0 Å². The van der Waals surface area contributed by atoms with Crippen LogP contribution >= 0.6 is 0 Å². The smallest absolute Gasteiger partial charge is 0.343 e. The number of nitrogens with zero attached hydrogens (tertiary/aromatic N) is 1. The van der Waals surface area contributed by atoms with Crippen molar-refractivity contribution in [2.45, 2.75) is 202 Å². The molecule has 0 radical (unpaired) electrons. The Morgan fingerprint density at radius 2 is 1.17 bits per heavy atom. The van der Waals surface area contributed by atoms with Gasteiger partial charge in [-0.2, -0.15) is 0 Å². The second kappa shape index (κ2) is 32.7. The number of hydrogen-bond acceptors (Lipinski definition) is 12. The highest BCUT2D eigenvalue weighted by atomic mass is 16.6. The molecule has 0 spiro atoms. The van der Waals surface area contributed by atoms with Crippen LogP contribution in [0.2, 0.25) is 0 Å². The minimum Gasteiger partial charge on any atom is -0.507 e. The standard InChI is InChI=1S/C78H99NO11/c1-7-8-9-10-11-12-14-17-48-85-62-36-28-57(29-37-62)74(82)88-63-38-30-58(31-39-63)76(84)90-66-24-20-23-65(51-66)89-75(83)56-26-34-61(35-27-56)79-53-59-32-40-64(52-72(59)80)86-49-18-15-13-16-25-73(81)87-67-44-46-77(5)60(50-67)33-41-68-70-43-42-69(55(4)22-19-21-54(2)3)78(70,6)47-45-71(68)77/h20,23-24,26-40,51-55,67-71,80H,7-19,21-22,25,41-50H2,1-6H3/t55-,67+,68+,69-,70+,71+,77+,78-/m1/s1. The number of ether oxygens (including phenoxy) is 6. The Morgan fingerprint density at radius 3 is 1.80 bits per heavy atom. The Hall–Kier alpha value is -7.21. The van der Waals surface area contributed by atoms with Crippen LogP contribution in [-0.4, -0.2) is 54.5 Å². The lowest BCUT2D eigenvalue weighted by atomic mass is 9.47. The molecule has 0 amide bonds. The number of fused-ring (bicyclic) bond motifs is 5. The summed E-state index contributed by atoms with van der Waals surface area (Å²) in [7, 11) is 0. The predicted molar refractivity (Wildman–Crippen MR) is 356 cm³/mol. The average molecular weight is 1230 g/mol. The molecule has 5 aromatic carbocycles. The van der Waals surface area contributed by atoms with Crippen molar-refractivity contribution in [3.63, 3.8) is 0 Å². The molecule has 12 heteroatoms. The fourth-order valence-electron chi connectivity index (χ4n) is 15.3. The summed E-state index contributed by atoms with van der Waals surface area (Å²) in [5.74, 6) is 4.89. The van der Waals surface area contributed by atoms with E-state index in [1.165, 1.54) is 120 Å². The highest BCUT2D eigenvalue weighted by molar-refractivity contribution is 5.94. The SMILES string of the molecule is CCCCCCCCCCOc1ccc(C(=O)Oc2ccc(C(=O)Oc3cccc(OC(=O)c4ccc(N=Cc5ccc(OCCCCCCC(=O)O[C@H]6CC[C@@]7(C)C(=CC[C@H]8[C@@H]9CC[C@H]([C@H](C)CCCC(C)C)[C@@]9(C)CC[C@@H]87)C6)cc5O)cc4)c3)cc2)cc1. The largest absolute Gasteiger partial charge is 0.507 e. The van der Waals surface area contributed by atoms with Gasteiger partial charge in [-0.15, -0.1) is 0 Å². The Morgan fingerprint density at radius 1 is 0.589 bits per heavy atom. The molecule has 3 saturated carbocycles. The van der Waals surface area contributed by atoms with Gasteiger partial charge in [0, 0.05) is 36.8 Å². The maximum absolute atomic E-state index is 13.1. The number of esters is 4. The average Bonchev–Trinajstić information content (AvgIpc) is 1.33. The molecule has 4 aliphatic carbocycles. The van der Waals surface area contributed by atoms with E-state index in [1.54, 1.807) is 96.7 Å². The van der Waals surface area contributed by atoms with Crippen molar-refractivity contribution >= 4 is 35.8 Å². The quantitative estimate of drug-likeness (QED) is 0.0144. The van der Waals surface area contributed by atoms with Crippen molar-refractivity contribution in [1.29, 1.82) is 0 Å². The van der Waals surface area contributed by atoms with Crippen LogP contribution in [0.25, 0.3) is 0 Å². The molecule has 0 saturated heterocycles. The van der Waals surface area contributed by atoms with Crippen LogP contribution in [0.15, 0.2) is 132 Å². The van der Waals surface area contributed by atoms with Gasteiger partial charge in [0.25, 0.3) is 0 Å². The van der Waals surface area contributed by atoms with Crippen LogP contribution < -0.4 is 23.7 Å². The molecule has 12 nitrogen and oxygen atoms in total. The number of phenolic OH excluding ortho intramolecular Hbond substituents is 1. The molecule has 8 atom stereocenters. The Kier molecular flexibility index (Phi) is 24.4. The maximum Gasteiger partial charge on any atom is 0.343 e. The summed E-state index contributed by atoms with van der Waals surface area (Å²) in [6.07, 6.45) is 31.7. The number of aliphatic imine (C=N–C) groups is 1. The van der Waals surface area contributed by atoms with Crippen molar-refractivity contribution in [2.24, 2.45) is 51.3 Å². The number of rotatable bonds is 32. The Bertz CT molecular complexity index is 3200. The van der Waals surface area contributed by atoms with Crippen molar-refractivity contribution in [3.8, 4) is 34.5 Å². The number of benzene rings is 5. The van der Waals surface area contributed by atoms with E-state index >= 15 is 0 Å². The van der Waals surface area contributed by atoms with Gasteiger partial charge in [0.15, 0.2) is 0 Å². The molecule has 0 heterocycles. The molecule has 482 valence electrons. The second-order valence-corrected chi connectivity index (χ2v) is 27.2. The molecule has 9 rings (SSSR count). The third kappa shape index (κ3) is 18.3. The lowest BCUT2D eigenvalue weighted by Gasteiger charge is -2.58. The van der Waals surface area contributed by atoms with E-state index in [4.69, 9.17) is 28.4 Å². The summed E-state index contributed by atoms with van der Waals surface area (Å²) in [5, 5.41) is 10.8. The van der Waals surface area contributed by atoms with Gasteiger partial charge in [-0.1, -0.05) is 136 Å². The minimum absolute atomic E-state index is 0.00673. The van der Waals surface area contributed by atoms with Gasteiger partial charge in [0.1, 0.15) is 40.6 Å². The van der Waals surface area contributed by atoms with Gasteiger partial charge in [-0.3, -0.25) is 9.79 Å². The maximum atomic E-state index is 13.1. The lowest BCUT2D eigenvalue weighted by Crippen LogP contribution is -2.51. The fourth-order valence-corrected chi connectivity index (χ4v) is 15.3. The number of allylic oxidation sites excluding steroid dienone is 1. The van der Waals surface area contributed by atoms with E-state index in [0.29, 0.717) is 53.4 Å². The number of carbonyl (C=O) groups is 4. The molecule has 5 aromatic rings. The van der Waals surface area contributed by atoms with Crippen LogP contribution in [0.3, 0.4) is 0 Å². The zero-order valence-corrected chi connectivity index (χ0v) is 54.5. The molecule has 90 heavy (non-hydrogen) atoms. The number of aromatic hydroxyl groups is 1. The summed E-state index contributed by atoms with van der Waals surface area (Å²) >= 11 is 0. The predicted octanol–water partition coefficient (Wildman–Crippen LogP) is 19.6. The monoisotopic (exact) mass is 1230 g/mol. The van der Waals surface area contributed by atoms with E-state index < -0.39 is 17.9 Å². The molecule has 3 fully saturated rings. The third-order valence-corrected chi connectivity index (χ3v) is 20.4. The molecule has 1 N–H and O–H groups in total. The second-order valence-electron chi connectivity index (χ2n) is 27.2. The van der Waals surface area contributed by atoms with Gasteiger partial charge >= 0.3 is 23.9 Å². The van der Waals surface area contributed by atoms with Crippen LogP contribution in [0.1, 0.15) is 232 Å². The number of phenols is 1. The summed E-state index contributed by atoms with van der Waals surface area (Å²) < 4.78 is 34.7. The minimum atomic E-state index is -0.654. The molecule has 0 aromatic heterocycles. The number of hydrogen-bond donors (Lipinski definition) is 1. The van der Waals surface area contributed by atoms with Crippen LogP contribution in [0.4, 0.5) is 5.69 Å². The highest BCUT2D eigenvalue weighted by Gasteiger charge is 2.59. The van der Waals surface area contributed by atoms with Crippen LogP contribution in [0.5, 0.6) is 34.5 Å². The molecular weight excluding hydrogens is 1130 g/mol. The van der Waals surface area contributed by atoms with Crippen molar-refractivity contribution in [2.75, 3.05) is 13.2 Å². The van der Waals surface area contributed by atoms with E-state index in [1.807, 2.05) is 0 Å². The Labute approximate surface area is 535 Å².